The number of imidazole rings is 1. The van der Waals surface area contributed by atoms with Gasteiger partial charge in [-0.15, -0.1) is 0 Å². The van der Waals surface area contributed by atoms with Crippen molar-refractivity contribution in [1.82, 2.24) is 14.6 Å². The van der Waals surface area contributed by atoms with Crippen molar-refractivity contribution in [3.63, 3.8) is 0 Å². The maximum absolute atomic E-state index is 12.7. The zero-order chi connectivity index (χ0) is 34.3. The van der Waals surface area contributed by atoms with E-state index >= 15 is 0 Å². The van der Waals surface area contributed by atoms with Crippen LogP contribution < -0.4 is 14.6 Å². The Balaban J connectivity index is 1.27. The van der Waals surface area contributed by atoms with E-state index in [-0.39, 0.29) is 24.5 Å². The van der Waals surface area contributed by atoms with Crippen LogP contribution in [0.5, 0.6) is 0 Å². The number of hydrogen-bond donors (Lipinski definition) is 8. The summed E-state index contributed by atoms with van der Waals surface area (Å²) in [6.45, 7) is 0.153. The third-order valence-electron chi connectivity index (χ3n) is 7.64. The minimum atomic E-state index is -3.80. The van der Waals surface area contributed by atoms with E-state index < -0.39 is 90.5 Å². The number of carbonyl (C=O) groups excluding carboxylic acids is 1. The molecule has 0 bridgehead atoms. The van der Waals surface area contributed by atoms with Crippen molar-refractivity contribution in [3.8, 4) is 0 Å². The number of aryl methyl sites for hydroxylation is 1. The van der Waals surface area contributed by atoms with Gasteiger partial charge in [-0.05, 0) is 24.1 Å². The molecule has 0 unspecified atom stereocenters. The number of nitrogens with one attached hydrogen (secondary N) is 2. The molecule has 2 saturated heterocycles. The van der Waals surface area contributed by atoms with E-state index in [1.165, 1.54) is 12.1 Å². The third-order valence-corrected chi connectivity index (χ3v) is 9.12. The number of hydrogen-bond acceptors (Lipinski definition) is 14. The molecule has 4 rings (SSSR count). The first-order chi connectivity index (χ1) is 22.3. The lowest BCUT2D eigenvalue weighted by Gasteiger charge is -2.46. The molecule has 2 fully saturated rings. The van der Waals surface area contributed by atoms with Crippen molar-refractivity contribution in [1.29, 1.82) is 0 Å². The normalized spacial score (nSPS) is 31.5. The zero-order valence-electron chi connectivity index (χ0n) is 25.8. The fourth-order valence-corrected chi connectivity index (χ4v) is 6.23. The van der Waals surface area contributed by atoms with Crippen LogP contribution in [-0.2, 0) is 52.4 Å². The summed E-state index contributed by atoms with van der Waals surface area (Å²) in [5.74, 6) is -0.596. The Bertz CT molecular complexity index is 1390. The number of aliphatic hydroxyl groups excluding tert-OH is 6. The Labute approximate surface area is 271 Å². The first-order valence-corrected chi connectivity index (χ1v) is 16.4. The van der Waals surface area contributed by atoms with Gasteiger partial charge in [-0.1, -0.05) is 12.1 Å². The third kappa shape index (κ3) is 9.50. The topological polar surface area (TPSA) is 252 Å². The van der Waals surface area contributed by atoms with Crippen LogP contribution in [0.15, 0.2) is 47.9 Å². The standard InChI is InChI=1S/C28H42N4O14S/c1-16(35)30-21-23(37)26(45-28-25(39)24(38)22(36)19(13-33)43-28)20(14-34)44-27(21)46-42-11-3-8-29-47(40,41)18-6-4-17(5-7-18)12-32-10-9-31(2)15-32/h4-7,9-10,15,19-29,33-34,36-39H,3,8,11-14H2,1-2H3/p+1/t19-,20-,21-,22+,23-,24+,25-,26-,27+,28+/m1/s1. The van der Waals surface area contributed by atoms with E-state index in [1.807, 2.05) is 34.9 Å². The summed E-state index contributed by atoms with van der Waals surface area (Å²) in [5, 5.41) is 63.3. The highest BCUT2D eigenvalue weighted by molar-refractivity contribution is 7.89. The minimum Gasteiger partial charge on any atom is -0.394 e. The van der Waals surface area contributed by atoms with E-state index in [9.17, 15) is 43.9 Å². The van der Waals surface area contributed by atoms with Crippen molar-refractivity contribution in [2.45, 2.75) is 86.1 Å². The number of carbonyl (C=O) groups is 1. The molecule has 10 atom stereocenters. The highest BCUT2D eigenvalue weighted by atomic mass is 32.2. The first-order valence-electron chi connectivity index (χ1n) is 14.9. The molecule has 1 aromatic carbocycles. The molecule has 0 radical (unpaired) electrons. The Morgan fingerprint density at radius 2 is 1.66 bits per heavy atom. The number of nitrogens with zero attached hydrogens (tertiary/aromatic N) is 2. The second kappa shape index (κ2) is 16.7. The summed E-state index contributed by atoms with van der Waals surface area (Å²) >= 11 is 0. The molecule has 264 valence electrons. The summed E-state index contributed by atoms with van der Waals surface area (Å²) in [7, 11) is -1.90. The SMILES string of the molecule is CC(=O)N[C@H]1[C@H](OOCCCNS(=O)(=O)c2ccc(Cn3cc[n+](C)c3)cc2)O[C@H](CO)[C@@H](O[C@@H]2O[C@H](CO)[C@H](O)[C@H](O)[C@H]2O)[C@@H]1O. The Hall–Kier alpha value is -2.63. The molecule has 18 nitrogen and oxygen atoms in total. The molecule has 2 aromatic rings. The van der Waals surface area contributed by atoms with Crippen LogP contribution in [-0.4, -0.2) is 137 Å². The van der Waals surface area contributed by atoms with Crippen LogP contribution in [0.2, 0.25) is 0 Å². The second-order valence-corrected chi connectivity index (χ2v) is 13.1. The van der Waals surface area contributed by atoms with Crippen molar-refractivity contribution >= 4 is 15.9 Å². The molecule has 0 aliphatic carbocycles. The number of benzene rings is 1. The van der Waals surface area contributed by atoms with Gasteiger partial charge in [0.2, 0.25) is 28.5 Å². The van der Waals surface area contributed by atoms with Gasteiger partial charge in [0.25, 0.3) is 0 Å². The lowest BCUT2D eigenvalue weighted by Crippen LogP contribution is -2.67. The number of amides is 1. The van der Waals surface area contributed by atoms with Gasteiger partial charge in [-0.25, -0.2) is 32.0 Å². The molecule has 1 amide bonds. The van der Waals surface area contributed by atoms with Gasteiger partial charge in [0.15, 0.2) is 6.29 Å². The maximum atomic E-state index is 12.7. The number of sulfonamides is 1. The fraction of sp³-hybridized carbons (Fsp3) is 0.643. The molecule has 2 aliphatic heterocycles. The smallest absolute Gasteiger partial charge is 0.243 e. The van der Waals surface area contributed by atoms with Gasteiger partial charge in [-0.3, -0.25) is 4.79 Å². The summed E-state index contributed by atoms with van der Waals surface area (Å²) < 4.78 is 48.4. The zero-order valence-corrected chi connectivity index (χ0v) is 26.6. The van der Waals surface area contributed by atoms with Crippen molar-refractivity contribution in [2.75, 3.05) is 26.4 Å². The van der Waals surface area contributed by atoms with Gasteiger partial charge in [0.05, 0.1) is 31.8 Å². The number of aliphatic hydroxyl groups is 6. The molecular formula is C28H43N4O14S+. The van der Waals surface area contributed by atoms with Crippen LogP contribution >= 0.6 is 0 Å². The van der Waals surface area contributed by atoms with Crippen LogP contribution in [0.1, 0.15) is 18.9 Å². The molecule has 2 aliphatic rings. The molecule has 0 spiro atoms. The van der Waals surface area contributed by atoms with Crippen LogP contribution in [0, 0.1) is 0 Å². The van der Waals surface area contributed by atoms with E-state index in [4.69, 9.17) is 24.0 Å². The quantitative estimate of drug-likeness (QED) is 0.0381. The van der Waals surface area contributed by atoms with Crippen molar-refractivity contribution in [3.05, 3.63) is 48.5 Å². The Morgan fingerprint density at radius 1 is 0.979 bits per heavy atom. The van der Waals surface area contributed by atoms with Crippen LogP contribution in [0.4, 0.5) is 0 Å². The molecule has 19 heteroatoms. The monoisotopic (exact) mass is 691 g/mol. The molecule has 0 saturated carbocycles. The van der Waals surface area contributed by atoms with E-state index in [2.05, 4.69) is 10.0 Å². The lowest BCUT2D eigenvalue weighted by molar-refractivity contribution is -0.671. The largest absolute Gasteiger partial charge is 0.394 e. The van der Waals surface area contributed by atoms with Crippen molar-refractivity contribution < 1.29 is 72.4 Å². The fourth-order valence-electron chi connectivity index (χ4n) is 5.16. The molecule has 1 aromatic heterocycles. The molecular weight excluding hydrogens is 648 g/mol. The predicted molar refractivity (Wildman–Crippen MR) is 156 cm³/mol. The highest BCUT2D eigenvalue weighted by Crippen LogP contribution is 2.29. The van der Waals surface area contributed by atoms with E-state index in [1.54, 1.807) is 12.1 Å². The molecule has 3 heterocycles. The molecule has 8 N–H and O–H groups in total. The number of aromatic nitrogens is 2. The second-order valence-electron chi connectivity index (χ2n) is 11.3. The average molecular weight is 692 g/mol. The van der Waals surface area contributed by atoms with Gasteiger partial charge in [0.1, 0.15) is 67.7 Å². The maximum Gasteiger partial charge on any atom is 0.243 e. The predicted octanol–water partition coefficient (Wildman–Crippen LogP) is -4.25. The highest BCUT2D eigenvalue weighted by Gasteiger charge is 2.51. The number of rotatable bonds is 15. The summed E-state index contributed by atoms with van der Waals surface area (Å²) in [6, 6.07) is 5.16. The van der Waals surface area contributed by atoms with Crippen LogP contribution in [0.25, 0.3) is 0 Å². The lowest BCUT2D eigenvalue weighted by atomic mass is 9.95. The number of ether oxygens (including phenoxy) is 3. The van der Waals surface area contributed by atoms with Gasteiger partial charge >= 0.3 is 0 Å². The van der Waals surface area contributed by atoms with Crippen LogP contribution in [0.3, 0.4) is 0 Å². The summed E-state index contributed by atoms with van der Waals surface area (Å²) in [5.41, 5.74) is 0.925. The Kier molecular flexibility index (Phi) is 13.2. The van der Waals surface area contributed by atoms with Crippen molar-refractivity contribution in [2.24, 2.45) is 7.05 Å². The average Bonchev–Trinajstić information content (AvgIpc) is 3.45. The van der Waals surface area contributed by atoms with Gasteiger partial charge in [-0.2, -0.15) is 0 Å². The summed E-state index contributed by atoms with van der Waals surface area (Å²) in [6.07, 6.45) is -8.18. The van der Waals surface area contributed by atoms with E-state index in [0.717, 1.165) is 12.5 Å². The molecule has 47 heavy (non-hydrogen) atoms. The van der Waals surface area contributed by atoms with Gasteiger partial charge in [0, 0.05) is 13.5 Å². The first kappa shape index (κ1) is 37.2. The van der Waals surface area contributed by atoms with Gasteiger partial charge < -0.3 is 50.2 Å². The Morgan fingerprint density at radius 3 is 2.28 bits per heavy atom. The van der Waals surface area contributed by atoms with E-state index in [0.29, 0.717) is 6.54 Å². The minimum absolute atomic E-state index is 0.00907. The summed E-state index contributed by atoms with van der Waals surface area (Å²) in [4.78, 5) is 22.4.